The second-order valence-electron chi connectivity index (χ2n) is 4.84. The van der Waals surface area contributed by atoms with Crippen LogP contribution in [-0.4, -0.2) is 29.5 Å². The van der Waals surface area contributed by atoms with Gasteiger partial charge in [0.2, 0.25) is 5.91 Å². The fraction of sp³-hybridized carbons (Fsp3) is 0.909. The average Bonchev–Trinajstić information content (AvgIpc) is 2.94. The van der Waals surface area contributed by atoms with Crippen molar-refractivity contribution in [3.05, 3.63) is 0 Å². The summed E-state index contributed by atoms with van der Waals surface area (Å²) in [5.41, 5.74) is 5.79. The van der Waals surface area contributed by atoms with Gasteiger partial charge in [-0.15, -0.1) is 0 Å². The van der Waals surface area contributed by atoms with E-state index >= 15 is 0 Å². The molecule has 15 heavy (non-hydrogen) atoms. The summed E-state index contributed by atoms with van der Waals surface area (Å²) in [4.78, 5) is 11.6. The summed E-state index contributed by atoms with van der Waals surface area (Å²) in [7, 11) is 0. The van der Waals surface area contributed by atoms with Crippen LogP contribution in [0.3, 0.4) is 0 Å². The molecule has 1 amide bonds. The lowest BCUT2D eigenvalue weighted by Gasteiger charge is -2.17. The van der Waals surface area contributed by atoms with Crippen molar-refractivity contribution in [1.29, 1.82) is 0 Å². The first-order valence-electron chi connectivity index (χ1n) is 5.57. The number of hydrogen-bond acceptors (Lipinski definition) is 3. The third kappa shape index (κ3) is 4.03. The molecule has 0 aromatic heterocycles. The normalized spacial score (nSPS) is 20.1. The Kier molecular flexibility index (Phi) is 4.46. The molecule has 0 saturated heterocycles. The number of amides is 1. The van der Waals surface area contributed by atoms with Crippen LogP contribution in [0.25, 0.3) is 0 Å². The van der Waals surface area contributed by atoms with Crippen LogP contribution >= 0.6 is 11.8 Å². The lowest BCUT2D eigenvalue weighted by Crippen LogP contribution is -2.44. The number of carbonyl (C=O) groups excluding carboxylic acids is 1. The fourth-order valence-corrected chi connectivity index (χ4v) is 2.31. The van der Waals surface area contributed by atoms with E-state index in [0.29, 0.717) is 10.7 Å². The Bertz CT molecular complexity index is 227. The molecule has 3 nitrogen and oxygen atoms in total. The smallest absolute Gasteiger partial charge is 0.236 e. The van der Waals surface area contributed by atoms with E-state index in [2.05, 4.69) is 25.4 Å². The van der Waals surface area contributed by atoms with Gasteiger partial charge in [0.15, 0.2) is 0 Å². The summed E-state index contributed by atoms with van der Waals surface area (Å²) in [6, 6.07) is -0.345. The Balaban J connectivity index is 2.23. The number of carbonyl (C=O) groups is 1. The van der Waals surface area contributed by atoms with Gasteiger partial charge in [0.05, 0.1) is 6.04 Å². The molecule has 0 aromatic rings. The zero-order valence-corrected chi connectivity index (χ0v) is 10.7. The minimum atomic E-state index is -0.345. The monoisotopic (exact) mass is 230 g/mol. The van der Waals surface area contributed by atoms with Gasteiger partial charge in [-0.25, -0.2) is 0 Å². The molecule has 0 heterocycles. The maximum Gasteiger partial charge on any atom is 0.236 e. The highest BCUT2D eigenvalue weighted by Crippen LogP contribution is 2.46. The molecule has 0 spiro atoms. The molecule has 0 aromatic carbocycles. The van der Waals surface area contributed by atoms with Crippen LogP contribution in [0, 0.1) is 5.92 Å². The van der Waals surface area contributed by atoms with E-state index in [0.717, 1.165) is 13.0 Å². The van der Waals surface area contributed by atoms with Crippen molar-refractivity contribution in [3.8, 4) is 0 Å². The summed E-state index contributed by atoms with van der Waals surface area (Å²) in [5.74, 6) is 0.477. The largest absolute Gasteiger partial charge is 0.353 e. The van der Waals surface area contributed by atoms with E-state index < -0.39 is 0 Å². The van der Waals surface area contributed by atoms with Crippen LogP contribution < -0.4 is 11.1 Å². The maximum absolute atomic E-state index is 11.6. The van der Waals surface area contributed by atoms with Gasteiger partial charge < -0.3 is 11.1 Å². The first kappa shape index (κ1) is 12.8. The molecule has 0 unspecified atom stereocenters. The van der Waals surface area contributed by atoms with Gasteiger partial charge in [-0.2, -0.15) is 11.8 Å². The van der Waals surface area contributed by atoms with Gasteiger partial charge in [-0.1, -0.05) is 13.8 Å². The van der Waals surface area contributed by atoms with Gasteiger partial charge >= 0.3 is 0 Å². The molecule has 1 aliphatic rings. The van der Waals surface area contributed by atoms with Gasteiger partial charge in [-0.3, -0.25) is 4.79 Å². The predicted molar refractivity (Wildman–Crippen MR) is 65.9 cm³/mol. The van der Waals surface area contributed by atoms with E-state index in [4.69, 9.17) is 5.73 Å². The number of thioether (sulfide) groups is 1. The first-order chi connectivity index (χ1) is 6.99. The van der Waals surface area contributed by atoms with Gasteiger partial charge in [0.25, 0.3) is 0 Å². The SMILES string of the molecule is CSC1(CNC(=O)[C@@H](N)CC(C)C)CC1. The van der Waals surface area contributed by atoms with Crippen molar-refractivity contribution in [3.63, 3.8) is 0 Å². The van der Waals surface area contributed by atoms with Gasteiger partial charge in [-0.05, 0) is 31.4 Å². The molecule has 0 aliphatic heterocycles. The Morgan fingerprint density at radius 2 is 2.13 bits per heavy atom. The number of nitrogens with two attached hydrogens (primary N) is 1. The highest BCUT2D eigenvalue weighted by atomic mass is 32.2. The molecule has 0 bridgehead atoms. The van der Waals surface area contributed by atoms with Crippen LogP contribution in [0.5, 0.6) is 0 Å². The first-order valence-corrected chi connectivity index (χ1v) is 6.80. The zero-order valence-electron chi connectivity index (χ0n) is 9.88. The zero-order chi connectivity index (χ0) is 11.5. The van der Waals surface area contributed by atoms with Crippen molar-refractivity contribution < 1.29 is 4.79 Å². The number of hydrogen-bond donors (Lipinski definition) is 2. The number of rotatable bonds is 6. The second kappa shape index (κ2) is 5.21. The molecular formula is C11H22N2OS. The summed E-state index contributed by atoms with van der Waals surface area (Å²) < 4.78 is 0.327. The summed E-state index contributed by atoms with van der Waals surface area (Å²) in [6.07, 6.45) is 5.30. The second-order valence-corrected chi connectivity index (χ2v) is 6.12. The summed E-state index contributed by atoms with van der Waals surface area (Å²) in [6.45, 7) is 4.94. The van der Waals surface area contributed by atoms with Crippen LogP contribution in [0.4, 0.5) is 0 Å². The molecule has 3 N–H and O–H groups in total. The van der Waals surface area contributed by atoms with E-state index in [1.807, 2.05) is 11.8 Å². The molecule has 0 radical (unpaired) electrons. The highest BCUT2D eigenvalue weighted by Gasteiger charge is 2.42. The van der Waals surface area contributed by atoms with Crippen molar-refractivity contribution in [2.24, 2.45) is 11.7 Å². The van der Waals surface area contributed by atoms with E-state index in [1.54, 1.807) is 0 Å². The molecule has 1 atom stereocenters. The topological polar surface area (TPSA) is 55.1 Å². The minimum Gasteiger partial charge on any atom is -0.353 e. The summed E-state index contributed by atoms with van der Waals surface area (Å²) >= 11 is 1.85. The minimum absolute atomic E-state index is 0.00373. The third-order valence-corrected chi connectivity index (χ3v) is 4.31. The Hall–Kier alpha value is -0.220. The molecule has 1 aliphatic carbocycles. The molecule has 88 valence electrons. The molecular weight excluding hydrogens is 208 g/mol. The predicted octanol–water partition coefficient (Wildman–Crippen LogP) is 1.37. The lowest BCUT2D eigenvalue weighted by molar-refractivity contribution is -0.122. The van der Waals surface area contributed by atoms with Gasteiger partial charge in [0.1, 0.15) is 0 Å². The van der Waals surface area contributed by atoms with Crippen molar-refractivity contribution >= 4 is 17.7 Å². The van der Waals surface area contributed by atoms with E-state index in [9.17, 15) is 4.79 Å². The highest BCUT2D eigenvalue weighted by molar-refractivity contribution is 8.00. The average molecular weight is 230 g/mol. The van der Waals surface area contributed by atoms with E-state index in [1.165, 1.54) is 12.8 Å². The van der Waals surface area contributed by atoms with E-state index in [-0.39, 0.29) is 11.9 Å². The van der Waals surface area contributed by atoms with Crippen molar-refractivity contribution in [2.45, 2.75) is 43.9 Å². The van der Waals surface area contributed by atoms with Crippen LogP contribution in [0.15, 0.2) is 0 Å². The number of nitrogens with one attached hydrogen (secondary N) is 1. The third-order valence-electron chi connectivity index (χ3n) is 2.89. The molecule has 4 heteroatoms. The Morgan fingerprint density at radius 3 is 2.53 bits per heavy atom. The summed E-state index contributed by atoms with van der Waals surface area (Å²) in [5, 5.41) is 2.96. The fourth-order valence-electron chi connectivity index (χ4n) is 1.59. The molecule has 1 rings (SSSR count). The quantitative estimate of drug-likeness (QED) is 0.724. The molecule has 1 fully saturated rings. The standard InChI is InChI=1S/C11H22N2OS/c1-8(2)6-9(12)10(14)13-7-11(15-3)4-5-11/h8-9H,4-7,12H2,1-3H3,(H,13,14)/t9-/m0/s1. The van der Waals surface area contributed by atoms with Crippen molar-refractivity contribution in [1.82, 2.24) is 5.32 Å². The van der Waals surface area contributed by atoms with Crippen LogP contribution in [0.1, 0.15) is 33.1 Å². The van der Waals surface area contributed by atoms with Crippen LogP contribution in [0.2, 0.25) is 0 Å². The Labute approximate surface area is 96.6 Å². The van der Waals surface area contributed by atoms with Gasteiger partial charge in [0, 0.05) is 11.3 Å². The van der Waals surface area contributed by atoms with Crippen molar-refractivity contribution in [2.75, 3.05) is 12.8 Å². The van der Waals surface area contributed by atoms with Crippen LogP contribution in [-0.2, 0) is 4.79 Å². The molecule has 1 saturated carbocycles. The lowest BCUT2D eigenvalue weighted by atomic mass is 10.0. The Morgan fingerprint density at radius 1 is 1.53 bits per heavy atom. The maximum atomic E-state index is 11.6.